The Hall–Kier alpha value is -1.30. The van der Waals surface area contributed by atoms with E-state index >= 15 is 0 Å². The van der Waals surface area contributed by atoms with E-state index in [9.17, 15) is 0 Å². The Morgan fingerprint density at radius 1 is 0.259 bits per heavy atom. The monoisotopic (exact) mass is 801 g/mol. The molecule has 58 heavy (non-hydrogen) atoms. The van der Waals surface area contributed by atoms with Gasteiger partial charge in [0.05, 0.1) is 0 Å². The SMILES string of the molecule is CCCCCCCCCCCCCCCCc1cc2ccccc2c(CCCCCCCCCCCCCCCC)c1CCCCCCCCCCCCCCCC. The molecule has 0 amide bonds. The second kappa shape index (κ2) is 41.1. The molecule has 336 valence electrons. The highest BCUT2D eigenvalue weighted by molar-refractivity contribution is 5.88. The first-order valence-corrected chi connectivity index (χ1v) is 27.3. The minimum atomic E-state index is 1.29. The summed E-state index contributed by atoms with van der Waals surface area (Å²) < 4.78 is 0. The van der Waals surface area contributed by atoms with E-state index in [1.807, 2.05) is 0 Å². The van der Waals surface area contributed by atoms with Gasteiger partial charge in [0, 0.05) is 0 Å². The molecular formula is C58H104. The molecule has 2 aromatic carbocycles. The maximum Gasteiger partial charge on any atom is -0.0149 e. The van der Waals surface area contributed by atoms with Crippen molar-refractivity contribution in [3.8, 4) is 0 Å². The Bertz CT molecular complexity index is 1130. The number of hydrogen-bond donors (Lipinski definition) is 0. The lowest BCUT2D eigenvalue weighted by Gasteiger charge is -2.19. The molecule has 0 aliphatic rings. The van der Waals surface area contributed by atoms with Crippen LogP contribution < -0.4 is 0 Å². The van der Waals surface area contributed by atoms with E-state index in [1.165, 1.54) is 294 Å². The van der Waals surface area contributed by atoms with E-state index in [0.29, 0.717) is 0 Å². The Morgan fingerprint density at radius 3 is 0.845 bits per heavy atom. The Labute approximate surface area is 366 Å². The normalized spacial score (nSPS) is 11.7. The van der Waals surface area contributed by atoms with Crippen LogP contribution in [0.1, 0.15) is 307 Å². The van der Waals surface area contributed by atoms with E-state index < -0.39 is 0 Å². The zero-order valence-corrected chi connectivity index (χ0v) is 40.2. The van der Waals surface area contributed by atoms with Gasteiger partial charge < -0.3 is 0 Å². The predicted molar refractivity (Wildman–Crippen MR) is 266 cm³/mol. The van der Waals surface area contributed by atoms with Crippen LogP contribution in [0.4, 0.5) is 0 Å². The molecule has 0 heteroatoms. The van der Waals surface area contributed by atoms with Gasteiger partial charge >= 0.3 is 0 Å². The molecule has 0 saturated heterocycles. The number of aryl methyl sites for hydroxylation is 2. The van der Waals surface area contributed by atoms with Crippen molar-refractivity contribution in [3.05, 3.63) is 47.0 Å². The van der Waals surface area contributed by atoms with Gasteiger partial charge in [-0.2, -0.15) is 0 Å². The molecule has 0 aromatic heterocycles. The van der Waals surface area contributed by atoms with Crippen molar-refractivity contribution < 1.29 is 0 Å². The third kappa shape index (κ3) is 29.0. The lowest BCUT2D eigenvalue weighted by Crippen LogP contribution is -2.04. The van der Waals surface area contributed by atoms with Gasteiger partial charge in [-0.05, 0) is 66.0 Å². The molecule has 0 bridgehead atoms. The zero-order valence-electron chi connectivity index (χ0n) is 40.2. The second-order valence-electron chi connectivity index (χ2n) is 19.3. The van der Waals surface area contributed by atoms with Crippen molar-refractivity contribution in [3.63, 3.8) is 0 Å². The quantitative estimate of drug-likeness (QED) is 0.0585. The Morgan fingerprint density at radius 2 is 0.517 bits per heavy atom. The largest absolute Gasteiger partial charge is 0.0654 e. The molecule has 0 unspecified atom stereocenters. The number of benzene rings is 2. The summed E-state index contributed by atoms with van der Waals surface area (Å²) in [5.41, 5.74) is 5.24. The van der Waals surface area contributed by atoms with Crippen molar-refractivity contribution in [2.75, 3.05) is 0 Å². The van der Waals surface area contributed by atoms with Gasteiger partial charge in [0.1, 0.15) is 0 Å². The number of hydrogen-bond acceptors (Lipinski definition) is 0. The summed E-state index contributed by atoms with van der Waals surface area (Å²) in [7, 11) is 0. The van der Waals surface area contributed by atoms with Gasteiger partial charge in [0.2, 0.25) is 0 Å². The summed E-state index contributed by atoms with van der Waals surface area (Å²) >= 11 is 0. The van der Waals surface area contributed by atoms with Gasteiger partial charge in [-0.25, -0.2) is 0 Å². The molecule has 0 nitrogen and oxygen atoms in total. The lowest BCUT2D eigenvalue weighted by molar-refractivity contribution is 0.533. The van der Waals surface area contributed by atoms with Crippen LogP contribution in [-0.2, 0) is 19.3 Å². The van der Waals surface area contributed by atoms with Crippen LogP contribution in [0.3, 0.4) is 0 Å². The zero-order chi connectivity index (χ0) is 41.2. The van der Waals surface area contributed by atoms with Crippen LogP contribution in [0.25, 0.3) is 10.8 Å². The summed E-state index contributed by atoms with van der Waals surface area (Å²) in [4.78, 5) is 0. The highest BCUT2D eigenvalue weighted by atomic mass is 14.2. The minimum Gasteiger partial charge on any atom is -0.0654 e. The number of rotatable bonds is 45. The summed E-state index contributed by atoms with van der Waals surface area (Å²) in [6.45, 7) is 6.96. The highest BCUT2D eigenvalue weighted by Gasteiger charge is 2.14. The van der Waals surface area contributed by atoms with E-state index in [-0.39, 0.29) is 0 Å². The summed E-state index contributed by atoms with van der Waals surface area (Å²) in [6, 6.07) is 12.1. The fraction of sp³-hybridized carbons (Fsp3) is 0.828. The number of fused-ring (bicyclic) bond motifs is 1. The minimum absolute atomic E-state index is 1.29. The maximum atomic E-state index is 2.63. The van der Waals surface area contributed by atoms with E-state index in [2.05, 4.69) is 51.1 Å². The fourth-order valence-electron chi connectivity index (χ4n) is 9.85. The molecule has 0 spiro atoms. The molecule has 0 fully saturated rings. The van der Waals surface area contributed by atoms with Crippen LogP contribution in [0.15, 0.2) is 30.3 Å². The smallest absolute Gasteiger partial charge is 0.0149 e. The van der Waals surface area contributed by atoms with Crippen LogP contribution >= 0.6 is 0 Å². The summed E-state index contributed by atoms with van der Waals surface area (Å²) in [6.07, 6.45) is 64.5. The topological polar surface area (TPSA) is 0 Å². The van der Waals surface area contributed by atoms with Crippen molar-refractivity contribution >= 4 is 10.8 Å². The summed E-state index contributed by atoms with van der Waals surface area (Å²) in [5, 5.41) is 3.08. The first kappa shape index (κ1) is 52.8. The molecule has 0 aliphatic heterocycles. The molecule has 0 radical (unpaired) electrons. The molecule has 2 aromatic rings. The van der Waals surface area contributed by atoms with Gasteiger partial charge in [-0.3, -0.25) is 0 Å². The van der Waals surface area contributed by atoms with Crippen molar-refractivity contribution in [1.82, 2.24) is 0 Å². The third-order valence-electron chi connectivity index (χ3n) is 13.7. The molecule has 0 N–H and O–H groups in total. The van der Waals surface area contributed by atoms with Crippen molar-refractivity contribution in [2.45, 2.75) is 310 Å². The van der Waals surface area contributed by atoms with Gasteiger partial charge in [0.25, 0.3) is 0 Å². The first-order chi connectivity index (χ1) is 28.8. The van der Waals surface area contributed by atoms with Gasteiger partial charge in [0.15, 0.2) is 0 Å². The standard InChI is InChI=1S/C58H104/c1-4-7-10-13-16-19-22-25-28-31-34-37-40-43-48-54-53-55-49-46-47-51-57(55)58(52-45-42-39-36-33-30-27-24-21-18-15-12-9-6-3)56(54)50-44-41-38-35-32-29-26-23-20-17-14-11-8-5-2/h46-47,49,51,53H,4-45,48,50,52H2,1-3H3. The van der Waals surface area contributed by atoms with Crippen LogP contribution in [0.5, 0.6) is 0 Å². The molecule has 2 rings (SSSR count). The second-order valence-corrected chi connectivity index (χ2v) is 19.3. The molecule has 0 heterocycles. The maximum absolute atomic E-state index is 2.63. The van der Waals surface area contributed by atoms with Crippen LogP contribution in [-0.4, -0.2) is 0 Å². The number of unbranched alkanes of at least 4 members (excludes halogenated alkanes) is 39. The first-order valence-electron chi connectivity index (χ1n) is 27.3. The predicted octanol–water partition coefficient (Wildman–Crippen LogP) is 20.9. The lowest BCUT2D eigenvalue weighted by atomic mass is 9.86. The van der Waals surface area contributed by atoms with Crippen LogP contribution in [0, 0.1) is 0 Å². The average Bonchev–Trinajstić information content (AvgIpc) is 3.24. The van der Waals surface area contributed by atoms with Crippen molar-refractivity contribution in [2.24, 2.45) is 0 Å². The molecule has 0 saturated carbocycles. The van der Waals surface area contributed by atoms with Crippen molar-refractivity contribution in [1.29, 1.82) is 0 Å². The van der Waals surface area contributed by atoms with E-state index in [4.69, 9.17) is 0 Å². The van der Waals surface area contributed by atoms with E-state index in [1.54, 1.807) is 22.1 Å². The highest BCUT2D eigenvalue weighted by Crippen LogP contribution is 2.31. The Balaban J connectivity index is 1.81. The van der Waals surface area contributed by atoms with E-state index in [0.717, 1.165) is 0 Å². The average molecular weight is 801 g/mol. The van der Waals surface area contributed by atoms with Gasteiger partial charge in [-0.15, -0.1) is 0 Å². The third-order valence-corrected chi connectivity index (χ3v) is 13.7. The Kier molecular flexibility index (Phi) is 37.4. The van der Waals surface area contributed by atoms with Crippen LogP contribution in [0.2, 0.25) is 0 Å². The summed E-state index contributed by atoms with van der Waals surface area (Å²) in [5.74, 6) is 0. The molecule has 0 aliphatic carbocycles. The molecule has 0 atom stereocenters. The fourth-order valence-corrected chi connectivity index (χ4v) is 9.85. The molecular weight excluding hydrogens is 697 g/mol. The van der Waals surface area contributed by atoms with Gasteiger partial charge in [-0.1, -0.05) is 302 Å².